The smallest absolute Gasteiger partial charge is 0.317 e. The second-order valence-corrected chi connectivity index (χ2v) is 6.65. The summed E-state index contributed by atoms with van der Waals surface area (Å²) in [6, 6.07) is 11.0. The van der Waals surface area contributed by atoms with Gasteiger partial charge in [0, 0.05) is 41.7 Å². The number of hydrogen-bond acceptors (Lipinski definition) is 8. The number of imidazole rings is 1. The summed E-state index contributed by atoms with van der Waals surface area (Å²) in [5, 5.41) is 6.01. The Kier molecular flexibility index (Phi) is 5.79. The molecule has 0 aliphatic rings. The molecule has 0 unspecified atom stereocenters. The van der Waals surface area contributed by atoms with E-state index in [1.807, 2.05) is 42.8 Å². The number of carbonyl (C=O) groups is 1. The van der Waals surface area contributed by atoms with E-state index in [-0.39, 0.29) is 18.5 Å². The van der Waals surface area contributed by atoms with E-state index in [2.05, 4.69) is 35.6 Å². The third kappa shape index (κ3) is 5.38. The number of ether oxygens (including phenoxy) is 1. The molecule has 0 atom stereocenters. The number of nitrogens with one attached hydrogen (secondary N) is 2. The van der Waals surface area contributed by atoms with Crippen molar-refractivity contribution in [2.24, 2.45) is 0 Å². The first kappa shape index (κ1) is 20.0. The fourth-order valence-corrected chi connectivity index (χ4v) is 2.75. The van der Waals surface area contributed by atoms with E-state index in [1.54, 1.807) is 36.9 Å². The van der Waals surface area contributed by atoms with Crippen molar-refractivity contribution in [2.75, 3.05) is 17.2 Å². The van der Waals surface area contributed by atoms with E-state index in [1.165, 1.54) is 0 Å². The number of aromatic nitrogens is 6. The Bertz CT molecular complexity index is 1180. The van der Waals surface area contributed by atoms with Crippen LogP contribution in [0.4, 0.5) is 17.2 Å². The van der Waals surface area contributed by atoms with E-state index in [0.717, 1.165) is 11.4 Å². The van der Waals surface area contributed by atoms with Crippen molar-refractivity contribution in [3.05, 3.63) is 72.8 Å². The highest BCUT2D eigenvalue weighted by molar-refractivity contribution is 5.92. The van der Waals surface area contributed by atoms with Gasteiger partial charge in [-0.05, 0) is 44.2 Å². The number of hydrogen-bond donors (Lipinski definition) is 2. The number of nitrogens with zero attached hydrogens (tertiary/aromatic N) is 6. The van der Waals surface area contributed by atoms with Gasteiger partial charge in [-0.2, -0.15) is 0 Å². The molecule has 10 heteroatoms. The third-order valence-corrected chi connectivity index (χ3v) is 4.14. The Morgan fingerprint density at radius 3 is 2.58 bits per heavy atom. The van der Waals surface area contributed by atoms with Gasteiger partial charge in [-0.25, -0.2) is 24.9 Å². The topological polar surface area (TPSA) is 120 Å². The summed E-state index contributed by atoms with van der Waals surface area (Å²) >= 11 is 0. The molecule has 0 fully saturated rings. The van der Waals surface area contributed by atoms with Crippen LogP contribution in [0.15, 0.2) is 61.3 Å². The summed E-state index contributed by atoms with van der Waals surface area (Å²) in [6.45, 7) is 3.47. The molecule has 0 aliphatic heterocycles. The van der Waals surface area contributed by atoms with Crippen LogP contribution in [-0.4, -0.2) is 42.0 Å². The maximum absolute atomic E-state index is 12.1. The van der Waals surface area contributed by atoms with Crippen LogP contribution in [-0.2, 0) is 4.79 Å². The molecule has 156 valence electrons. The maximum Gasteiger partial charge on any atom is 0.317 e. The van der Waals surface area contributed by atoms with Crippen LogP contribution in [0.2, 0.25) is 0 Å². The predicted octanol–water partition coefficient (Wildman–Crippen LogP) is 2.83. The van der Waals surface area contributed by atoms with Gasteiger partial charge in [-0.15, -0.1) is 0 Å². The van der Waals surface area contributed by atoms with Crippen molar-refractivity contribution < 1.29 is 9.53 Å². The van der Waals surface area contributed by atoms with E-state index in [4.69, 9.17) is 4.74 Å². The van der Waals surface area contributed by atoms with E-state index in [0.29, 0.717) is 23.1 Å². The number of carbonyl (C=O) groups excluding carboxylic acids is 1. The van der Waals surface area contributed by atoms with Crippen LogP contribution < -0.4 is 15.4 Å². The minimum absolute atomic E-state index is 0.171. The third-order valence-electron chi connectivity index (χ3n) is 4.14. The van der Waals surface area contributed by atoms with Crippen molar-refractivity contribution in [3.8, 4) is 11.8 Å². The molecule has 3 heterocycles. The lowest BCUT2D eigenvalue weighted by molar-refractivity contribution is -0.118. The Labute approximate surface area is 178 Å². The monoisotopic (exact) mass is 416 g/mol. The van der Waals surface area contributed by atoms with Crippen molar-refractivity contribution in [1.29, 1.82) is 0 Å². The molecule has 0 saturated heterocycles. The number of benzene rings is 1. The zero-order valence-corrected chi connectivity index (χ0v) is 17.0. The second kappa shape index (κ2) is 8.99. The average molecular weight is 416 g/mol. The second-order valence-electron chi connectivity index (χ2n) is 6.65. The maximum atomic E-state index is 12.1. The molecule has 31 heavy (non-hydrogen) atoms. The first-order valence-corrected chi connectivity index (χ1v) is 9.48. The molecule has 0 radical (unpaired) electrons. The molecule has 1 amide bonds. The Hall–Kier alpha value is -4.34. The summed E-state index contributed by atoms with van der Waals surface area (Å²) in [4.78, 5) is 33.0. The predicted molar refractivity (Wildman–Crippen MR) is 115 cm³/mol. The molecule has 3 aromatic heterocycles. The molecule has 1 aromatic carbocycles. The van der Waals surface area contributed by atoms with Gasteiger partial charge in [-0.1, -0.05) is 0 Å². The fourth-order valence-electron chi connectivity index (χ4n) is 2.75. The lowest BCUT2D eigenvalue weighted by Crippen LogP contribution is -2.20. The molecule has 2 N–H and O–H groups in total. The summed E-state index contributed by atoms with van der Waals surface area (Å²) < 4.78 is 7.12. The van der Waals surface area contributed by atoms with Crippen LogP contribution in [0.1, 0.15) is 11.5 Å². The van der Waals surface area contributed by atoms with Gasteiger partial charge in [0.2, 0.25) is 0 Å². The first-order chi connectivity index (χ1) is 15.0. The molecule has 0 aliphatic carbocycles. The summed E-state index contributed by atoms with van der Waals surface area (Å²) in [5.41, 5.74) is 2.23. The minimum atomic E-state index is -0.304. The summed E-state index contributed by atoms with van der Waals surface area (Å²) in [7, 11) is 0. The normalized spacial score (nSPS) is 10.5. The van der Waals surface area contributed by atoms with Gasteiger partial charge < -0.3 is 15.4 Å². The van der Waals surface area contributed by atoms with Crippen molar-refractivity contribution in [2.45, 2.75) is 13.8 Å². The highest BCUT2D eigenvalue weighted by Crippen LogP contribution is 2.19. The number of rotatable bonds is 7. The van der Waals surface area contributed by atoms with Gasteiger partial charge in [0.15, 0.2) is 6.61 Å². The van der Waals surface area contributed by atoms with Crippen molar-refractivity contribution >= 4 is 23.1 Å². The highest BCUT2D eigenvalue weighted by atomic mass is 16.5. The largest absolute Gasteiger partial charge is 0.453 e. The molecule has 10 nitrogen and oxygen atoms in total. The number of aryl methyl sites for hydroxylation is 2. The quantitative estimate of drug-likeness (QED) is 0.472. The molecule has 4 rings (SSSR count). The minimum Gasteiger partial charge on any atom is -0.453 e. The van der Waals surface area contributed by atoms with Gasteiger partial charge in [0.25, 0.3) is 5.91 Å². The van der Waals surface area contributed by atoms with Gasteiger partial charge in [0.1, 0.15) is 23.8 Å². The standard InChI is InChI=1S/C21H20N8O2/c1-14-7-8-23-21(24-14)31-12-20(30)28-17-5-3-16(4-6-17)27-18-11-19(26-15(2)25-18)29-10-9-22-13-29/h3-11,13H,12H2,1-2H3,(H,28,30)(H,25,26,27). The van der Waals surface area contributed by atoms with Gasteiger partial charge in [0.05, 0.1) is 0 Å². The van der Waals surface area contributed by atoms with E-state index < -0.39 is 0 Å². The Morgan fingerprint density at radius 2 is 1.84 bits per heavy atom. The zero-order valence-electron chi connectivity index (χ0n) is 17.0. The van der Waals surface area contributed by atoms with Gasteiger partial charge >= 0.3 is 6.01 Å². The van der Waals surface area contributed by atoms with Crippen LogP contribution >= 0.6 is 0 Å². The van der Waals surface area contributed by atoms with Crippen LogP contribution in [0.5, 0.6) is 6.01 Å². The van der Waals surface area contributed by atoms with E-state index >= 15 is 0 Å². The number of anilines is 3. The highest BCUT2D eigenvalue weighted by Gasteiger charge is 2.07. The molecule has 0 spiro atoms. The van der Waals surface area contributed by atoms with Crippen LogP contribution in [0, 0.1) is 13.8 Å². The lowest BCUT2D eigenvalue weighted by Gasteiger charge is -2.10. The van der Waals surface area contributed by atoms with E-state index in [9.17, 15) is 4.79 Å². The molecular formula is C21H20N8O2. The van der Waals surface area contributed by atoms with Crippen LogP contribution in [0.25, 0.3) is 5.82 Å². The molecular weight excluding hydrogens is 396 g/mol. The summed E-state index contributed by atoms with van der Waals surface area (Å²) in [6.07, 6.45) is 6.77. The lowest BCUT2D eigenvalue weighted by atomic mass is 10.2. The van der Waals surface area contributed by atoms with Crippen LogP contribution in [0.3, 0.4) is 0 Å². The molecule has 0 saturated carbocycles. The van der Waals surface area contributed by atoms with Gasteiger partial charge in [-0.3, -0.25) is 9.36 Å². The Balaban J connectivity index is 1.36. The average Bonchev–Trinajstić information content (AvgIpc) is 3.28. The molecule has 4 aromatic rings. The van der Waals surface area contributed by atoms with Crippen molar-refractivity contribution in [1.82, 2.24) is 29.5 Å². The van der Waals surface area contributed by atoms with Crippen molar-refractivity contribution in [3.63, 3.8) is 0 Å². The summed E-state index contributed by atoms with van der Waals surface area (Å²) in [5.74, 6) is 1.70. The fraction of sp³-hybridized carbons (Fsp3) is 0.143. The first-order valence-electron chi connectivity index (χ1n) is 9.48. The Morgan fingerprint density at radius 1 is 1.03 bits per heavy atom. The number of amides is 1. The SMILES string of the molecule is Cc1ccnc(OCC(=O)Nc2ccc(Nc3cc(-n4ccnc4)nc(C)n3)cc2)n1. The molecule has 0 bridgehead atoms. The zero-order chi connectivity index (χ0) is 21.6.